The van der Waals surface area contributed by atoms with E-state index in [4.69, 9.17) is 30.9 Å². The van der Waals surface area contributed by atoms with Crippen molar-refractivity contribution in [3.05, 3.63) is 51.5 Å². The Labute approximate surface area is 210 Å². The van der Waals surface area contributed by atoms with E-state index < -0.39 is 41.4 Å². The summed E-state index contributed by atoms with van der Waals surface area (Å²) in [7, 11) is 0. The molecule has 1 aliphatic heterocycles. The van der Waals surface area contributed by atoms with Crippen molar-refractivity contribution in [2.24, 2.45) is 11.1 Å². The highest BCUT2D eigenvalue weighted by atomic mass is 32.1. The fourth-order valence-corrected chi connectivity index (χ4v) is 4.07. The number of nitrogen functional groups attached to an aromatic ring is 1. The molecular weight excluding hydrogens is 526 g/mol. The van der Waals surface area contributed by atoms with E-state index in [1.165, 1.54) is 23.1 Å². The average Bonchev–Trinajstić information content (AvgIpc) is 3.45. The van der Waals surface area contributed by atoms with Crippen LogP contribution in [-0.4, -0.2) is 63.5 Å². The number of amidine groups is 1. The van der Waals surface area contributed by atoms with Crippen LogP contribution < -0.4 is 10.5 Å². The third-order valence-corrected chi connectivity index (χ3v) is 5.97. The van der Waals surface area contributed by atoms with Gasteiger partial charge in [0.25, 0.3) is 0 Å². The molecule has 15 heteroatoms. The summed E-state index contributed by atoms with van der Waals surface area (Å²) in [5, 5.41) is 23.4. The molecule has 1 atom stereocenters. The smallest absolute Gasteiger partial charge is 0.480 e. The van der Waals surface area contributed by atoms with Gasteiger partial charge in [0, 0.05) is 15.9 Å². The molecule has 1 aromatic heterocycles. The van der Waals surface area contributed by atoms with Crippen LogP contribution in [0.1, 0.15) is 34.0 Å². The molecule has 5 N–H and O–H groups in total. The van der Waals surface area contributed by atoms with E-state index >= 15 is 0 Å². The number of aliphatic carboxylic acids is 2. The fraction of sp³-hybridized carbons (Fsp3) is 0.318. The normalized spacial score (nSPS) is 14.8. The predicted molar refractivity (Wildman–Crippen MR) is 121 cm³/mol. The Hall–Kier alpha value is -4.01. The summed E-state index contributed by atoms with van der Waals surface area (Å²) in [6.07, 6.45) is -4.77. The summed E-state index contributed by atoms with van der Waals surface area (Å²) < 4.78 is 50.9. The molecule has 200 valence electrons. The predicted octanol–water partition coefficient (Wildman–Crippen LogP) is 2.89. The Balaban J connectivity index is 0.000000604. The number of nitrogens with one attached hydrogen (secondary N) is 1. The molecule has 1 amide bonds. The number of hydrogen-bond donors (Lipinski definition) is 4. The van der Waals surface area contributed by atoms with Gasteiger partial charge in [-0.3, -0.25) is 10.2 Å². The maximum Gasteiger partial charge on any atom is 0.490 e. The van der Waals surface area contributed by atoms with E-state index in [9.17, 15) is 31.9 Å². The van der Waals surface area contributed by atoms with Crippen LogP contribution in [0.5, 0.6) is 5.75 Å². The minimum Gasteiger partial charge on any atom is -0.480 e. The van der Waals surface area contributed by atoms with E-state index in [0.29, 0.717) is 6.42 Å². The summed E-state index contributed by atoms with van der Waals surface area (Å²) in [6.45, 7) is 3.64. The van der Waals surface area contributed by atoms with Gasteiger partial charge in [0.15, 0.2) is 11.6 Å². The quantitative estimate of drug-likeness (QED) is 0.102. The summed E-state index contributed by atoms with van der Waals surface area (Å²) in [6, 6.07) is 6.05. The number of amides is 1. The molecule has 2 aromatic rings. The van der Waals surface area contributed by atoms with Crippen molar-refractivity contribution in [1.29, 1.82) is 5.41 Å². The van der Waals surface area contributed by atoms with Crippen LogP contribution >= 0.6 is 11.3 Å². The number of carboxylic acids is 2. The van der Waals surface area contributed by atoms with Gasteiger partial charge in [-0.15, -0.1) is 11.3 Å². The third kappa shape index (κ3) is 7.73. The minimum atomic E-state index is -5.08. The molecule has 0 aliphatic carbocycles. The Morgan fingerprint density at radius 1 is 1.16 bits per heavy atom. The minimum absolute atomic E-state index is 0.175. The van der Waals surface area contributed by atoms with Crippen molar-refractivity contribution in [1.82, 2.24) is 4.90 Å². The molecule has 1 saturated heterocycles. The second-order valence-electron chi connectivity index (χ2n) is 8.39. The molecular formula is C22H21F4N3O7S. The van der Waals surface area contributed by atoms with Gasteiger partial charge in [-0.2, -0.15) is 13.2 Å². The zero-order chi connectivity index (χ0) is 28.3. The Morgan fingerprint density at radius 2 is 1.76 bits per heavy atom. The van der Waals surface area contributed by atoms with Crippen LogP contribution in [0.4, 0.5) is 17.6 Å². The molecule has 10 nitrogen and oxygen atoms in total. The van der Waals surface area contributed by atoms with E-state index in [0.717, 1.165) is 22.3 Å². The van der Waals surface area contributed by atoms with Gasteiger partial charge in [0.05, 0.1) is 6.54 Å². The average molecular weight is 547 g/mol. The number of carboxylic acid groups (broad SMARTS) is 2. The second kappa shape index (κ2) is 10.9. The molecule has 3 rings (SSSR count). The maximum atomic E-state index is 14.1. The zero-order valence-electron chi connectivity index (χ0n) is 19.3. The molecule has 0 unspecified atom stereocenters. The standard InChI is InChI=1S/C20H20FN3O5S.C2HF3O2/c1-20(2,19(28)24-9-13(24)17(25)26)8-11-4-6-15(30-11)18(27)29-14-5-3-10(16(22)23)7-12(14)21;3-2(4,5)1(6)7/h3-7,13H,8-9H2,1-2H3,(H3,22,23)(H,25,26);(H,6,7)/t13-,24?;/m0./s1. The van der Waals surface area contributed by atoms with Crippen LogP contribution in [-0.2, 0) is 20.8 Å². The molecule has 37 heavy (non-hydrogen) atoms. The number of nitrogens with zero attached hydrogens (tertiary/aromatic N) is 1. The SMILES string of the molecule is CC(C)(Cc1ccc(C(=O)Oc2ccc(C(=N)N)cc2F)s1)C(=O)N1C[C@H]1C(=O)O.O=C(O)C(F)(F)F. The lowest BCUT2D eigenvalue weighted by atomic mass is 9.87. The Morgan fingerprint density at radius 3 is 2.22 bits per heavy atom. The largest absolute Gasteiger partial charge is 0.490 e. The van der Waals surface area contributed by atoms with E-state index in [1.807, 2.05) is 0 Å². The van der Waals surface area contributed by atoms with Gasteiger partial charge in [0.1, 0.15) is 16.8 Å². The van der Waals surface area contributed by atoms with Crippen molar-refractivity contribution in [3.8, 4) is 5.75 Å². The maximum absolute atomic E-state index is 14.1. The number of ether oxygens (including phenoxy) is 1. The molecule has 0 saturated carbocycles. The van der Waals surface area contributed by atoms with Gasteiger partial charge in [-0.1, -0.05) is 13.8 Å². The highest BCUT2D eigenvalue weighted by Crippen LogP contribution is 2.33. The van der Waals surface area contributed by atoms with E-state index in [1.54, 1.807) is 19.9 Å². The lowest BCUT2D eigenvalue weighted by molar-refractivity contribution is -0.192. The number of thiophene rings is 1. The first kappa shape index (κ1) is 29.2. The van der Waals surface area contributed by atoms with Crippen molar-refractivity contribution in [2.75, 3.05) is 6.54 Å². The number of rotatable bonds is 7. The molecule has 0 spiro atoms. The van der Waals surface area contributed by atoms with Crippen molar-refractivity contribution < 1.29 is 51.7 Å². The number of benzene rings is 1. The number of esters is 1. The first-order chi connectivity index (χ1) is 16.9. The molecule has 1 aliphatic rings. The van der Waals surface area contributed by atoms with Crippen LogP contribution in [0.2, 0.25) is 0 Å². The van der Waals surface area contributed by atoms with Crippen molar-refractivity contribution >= 4 is 41.0 Å². The fourth-order valence-electron chi connectivity index (χ4n) is 2.96. The number of hydrogen-bond acceptors (Lipinski definition) is 7. The Kier molecular flexibility index (Phi) is 8.64. The topological polar surface area (TPSA) is 171 Å². The lowest BCUT2D eigenvalue weighted by Crippen LogP contribution is -2.34. The van der Waals surface area contributed by atoms with Gasteiger partial charge in [0.2, 0.25) is 5.91 Å². The first-order valence-corrected chi connectivity index (χ1v) is 11.0. The molecule has 0 bridgehead atoms. The van der Waals surface area contributed by atoms with E-state index in [2.05, 4.69) is 0 Å². The highest BCUT2D eigenvalue weighted by molar-refractivity contribution is 7.14. The van der Waals surface area contributed by atoms with Gasteiger partial charge < -0.3 is 25.6 Å². The summed E-state index contributed by atoms with van der Waals surface area (Å²) in [5.74, 6) is -6.19. The lowest BCUT2D eigenvalue weighted by Gasteiger charge is -2.23. The molecule has 2 heterocycles. The number of carbonyl (C=O) groups is 4. The van der Waals surface area contributed by atoms with Gasteiger partial charge >= 0.3 is 24.1 Å². The summed E-state index contributed by atoms with van der Waals surface area (Å²) in [5.41, 5.74) is 4.63. The third-order valence-electron chi connectivity index (χ3n) is 4.90. The molecule has 1 aromatic carbocycles. The van der Waals surface area contributed by atoms with Gasteiger partial charge in [-0.25, -0.2) is 18.8 Å². The monoisotopic (exact) mass is 547 g/mol. The number of carbonyl (C=O) groups excluding carboxylic acids is 2. The zero-order valence-corrected chi connectivity index (χ0v) is 20.1. The van der Waals surface area contributed by atoms with Crippen molar-refractivity contribution in [3.63, 3.8) is 0 Å². The number of nitrogens with two attached hydrogens (primary N) is 1. The summed E-state index contributed by atoms with van der Waals surface area (Å²) in [4.78, 5) is 47.1. The van der Waals surface area contributed by atoms with Crippen LogP contribution in [0.15, 0.2) is 30.3 Å². The highest BCUT2D eigenvalue weighted by Gasteiger charge is 2.48. The first-order valence-electron chi connectivity index (χ1n) is 10.2. The molecule has 0 radical (unpaired) electrons. The van der Waals surface area contributed by atoms with Crippen LogP contribution in [0.3, 0.4) is 0 Å². The van der Waals surface area contributed by atoms with E-state index in [-0.39, 0.29) is 34.5 Å². The second-order valence-corrected chi connectivity index (χ2v) is 9.56. The molecule has 1 fully saturated rings. The van der Waals surface area contributed by atoms with Crippen molar-refractivity contribution in [2.45, 2.75) is 32.5 Å². The number of alkyl halides is 3. The van der Waals surface area contributed by atoms with Gasteiger partial charge in [-0.05, 0) is 36.8 Å². The van der Waals surface area contributed by atoms with Crippen LogP contribution in [0, 0.1) is 16.6 Å². The Bertz CT molecular complexity index is 1240. The van der Waals surface area contributed by atoms with Crippen LogP contribution in [0.25, 0.3) is 0 Å². The number of halogens is 4. The summed E-state index contributed by atoms with van der Waals surface area (Å²) >= 11 is 1.12.